The first-order chi connectivity index (χ1) is 24.1. The molecule has 0 radical (unpaired) electrons. The van der Waals surface area contributed by atoms with Crippen molar-refractivity contribution in [1.29, 1.82) is 0 Å². The van der Waals surface area contributed by atoms with E-state index < -0.39 is 14.3 Å². The molecule has 0 aliphatic carbocycles. The van der Waals surface area contributed by atoms with Crippen LogP contribution in [0.2, 0.25) is 0 Å². The third-order valence-electron chi connectivity index (χ3n) is 9.51. The van der Waals surface area contributed by atoms with Crippen molar-refractivity contribution in [3.63, 3.8) is 0 Å². The fraction of sp³-hybridized carbons (Fsp3) is 0. The lowest BCUT2D eigenvalue weighted by molar-refractivity contribution is 0.592. The third-order valence-corrected chi connectivity index (χ3v) is 15.7. The van der Waals surface area contributed by atoms with Crippen LogP contribution in [0.5, 0.6) is 0 Å². The second kappa shape index (κ2) is 11.6. The minimum absolute atomic E-state index is 0.687. The summed E-state index contributed by atoms with van der Waals surface area (Å²) in [5.41, 5.74) is 3.15. The summed E-state index contributed by atoms with van der Waals surface area (Å²) in [4.78, 5) is 5.34. The quantitative estimate of drug-likeness (QED) is 0.133. The molecule has 0 saturated carbocycles. The molecule has 0 atom stereocenters. The molecule has 9 rings (SSSR count). The summed E-state index contributed by atoms with van der Waals surface area (Å²) in [6.07, 6.45) is 0. The third kappa shape index (κ3) is 4.42. The number of para-hydroxylation sites is 2. The van der Waals surface area contributed by atoms with E-state index >= 15 is 9.13 Å². The average molecular weight is 669 g/mol. The number of rotatable bonds is 6. The summed E-state index contributed by atoms with van der Waals surface area (Å²) in [5.74, 6) is 0. The van der Waals surface area contributed by atoms with Gasteiger partial charge in [-0.05, 0) is 23.6 Å². The molecule has 0 aliphatic heterocycles. The number of benzene rings is 7. The molecule has 0 bridgehead atoms. The molecule has 9 aromatic rings. The van der Waals surface area contributed by atoms with Crippen molar-refractivity contribution in [1.82, 2.24) is 9.38 Å². The van der Waals surface area contributed by atoms with Gasteiger partial charge in [0.25, 0.3) is 0 Å². The summed E-state index contributed by atoms with van der Waals surface area (Å²) < 4.78 is 34.0. The van der Waals surface area contributed by atoms with E-state index in [0.717, 1.165) is 59.2 Å². The first kappa shape index (κ1) is 29.6. The standard InChI is InChI=1S/C43H30N2O2P2/c46-48(31-17-5-1-6-18-31,32-19-7-2-8-20-32)39-29-15-26-36-35-25-13-14-28-38(35)45-42-37(44-43(45)41(36)39)27-16-30-40(42)49(47,33-21-9-3-10-22-33)34-23-11-4-12-24-34/h1-30H. The lowest BCUT2D eigenvalue weighted by Crippen LogP contribution is -2.26. The highest BCUT2D eigenvalue weighted by Gasteiger charge is 2.35. The number of hydrogen-bond acceptors (Lipinski definition) is 3. The van der Waals surface area contributed by atoms with Crippen molar-refractivity contribution in [2.45, 2.75) is 0 Å². The van der Waals surface area contributed by atoms with Crippen LogP contribution in [0.25, 0.3) is 38.4 Å². The number of fused-ring (bicyclic) bond motifs is 8. The van der Waals surface area contributed by atoms with Gasteiger partial charge in [0.1, 0.15) is 5.65 Å². The zero-order chi connectivity index (χ0) is 33.0. The maximum atomic E-state index is 15.9. The number of imidazole rings is 1. The Labute approximate surface area is 284 Å². The first-order valence-electron chi connectivity index (χ1n) is 16.3. The number of pyridine rings is 1. The molecule has 4 nitrogen and oxygen atoms in total. The van der Waals surface area contributed by atoms with Gasteiger partial charge in [-0.25, -0.2) is 4.98 Å². The Hall–Kier alpha value is -5.53. The van der Waals surface area contributed by atoms with Gasteiger partial charge in [0.15, 0.2) is 14.3 Å². The Balaban J connectivity index is 1.49. The van der Waals surface area contributed by atoms with Crippen molar-refractivity contribution in [2.24, 2.45) is 0 Å². The van der Waals surface area contributed by atoms with Crippen LogP contribution in [0.1, 0.15) is 0 Å². The monoisotopic (exact) mass is 668 g/mol. The van der Waals surface area contributed by atoms with Crippen molar-refractivity contribution < 1.29 is 9.13 Å². The lowest BCUT2D eigenvalue weighted by Gasteiger charge is -2.23. The van der Waals surface area contributed by atoms with Gasteiger partial charge in [-0.1, -0.05) is 164 Å². The first-order valence-corrected chi connectivity index (χ1v) is 19.7. The molecule has 49 heavy (non-hydrogen) atoms. The zero-order valence-corrected chi connectivity index (χ0v) is 28.2. The van der Waals surface area contributed by atoms with E-state index in [4.69, 9.17) is 4.98 Å². The molecule has 0 amide bonds. The second-order valence-corrected chi connectivity index (χ2v) is 17.7. The van der Waals surface area contributed by atoms with Crippen LogP contribution in [0.4, 0.5) is 0 Å². The van der Waals surface area contributed by atoms with Gasteiger partial charge in [-0.3, -0.25) is 4.40 Å². The summed E-state index contributed by atoms with van der Waals surface area (Å²) in [5, 5.41) is 7.27. The molecule has 2 heterocycles. The minimum Gasteiger partial charge on any atom is -0.309 e. The predicted octanol–water partition coefficient (Wildman–Crippen LogP) is 8.07. The van der Waals surface area contributed by atoms with E-state index in [2.05, 4.69) is 22.6 Å². The molecule has 0 N–H and O–H groups in total. The van der Waals surface area contributed by atoms with E-state index in [-0.39, 0.29) is 0 Å². The molecule has 0 saturated heterocycles. The molecule has 0 aliphatic rings. The van der Waals surface area contributed by atoms with E-state index in [1.54, 1.807) is 0 Å². The number of nitrogens with zero attached hydrogens (tertiary/aromatic N) is 2. The fourth-order valence-electron chi connectivity index (χ4n) is 7.33. The largest absolute Gasteiger partial charge is 0.309 e. The molecule has 0 fully saturated rings. The Morgan fingerprint density at radius 2 is 0.837 bits per heavy atom. The van der Waals surface area contributed by atoms with Crippen LogP contribution in [0.15, 0.2) is 182 Å². The lowest BCUT2D eigenvalue weighted by atomic mass is 10.1. The number of aromatic nitrogens is 2. The summed E-state index contributed by atoms with van der Waals surface area (Å²) in [7, 11) is -6.78. The van der Waals surface area contributed by atoms with Crippen molar-refractivity contribution in [3.8, 4) is 0 Å². The average Bonchev–Trinajstić information content (AvgIpc) is 3.59. The van der Waals surface area contributed by atoms with E-state index in [1.165, 1.54) is 0 Å². The van der Waals surface area contributed by atoms with Crippen molar-refractivity contribution in [2.75, 3.05) is 0 Å². The highest BCUT2D eigenvalue weighted by Crippen LogP contribution is 2.48. The Bertz CT molecular complexity index is 2680. The van der Waals surface area contributed by atoms with Gasteiger partial charge in [-0.2, -0.15) is 0 Å². The van der Waals surface area contributed by atoms with E-state index in [0.29, 0.717) is 11.0 Å². The molecule has 0 spiro atoms. The molecule has 2 aromatic heterocycles. The molecule has 7 aromatic carbocycles. The molecule has 0 unspecified atom stereocenters. The van der Waals surface area contributed by atoms with Gasteiger partial charge in [0.05, 0.1) is 16.6 Å². The molecule has 234 valence electrons. The van der Waals surface area contributed by atoms with Gasteiger partial charge < -0.3 is 9.13 Å². The predicted molar refractivity (Wildman–Crippen MR) is 206 cm³/mol. The number of hydrogen-bond donors (Lipinski definition) is 0. The topological polar surface area (TPSA) is 51.4 Å². The van der Waals surface area contributed by atoms with Gasteiger partial charge in [0.2, 0.25) is 0 Å². The van der Waals surface area contributed by atoms with Crippen LogP contribution in [0.3, 0.4) is 0 Å². The van der Waals surface area contributed by atoms with Crippen LogP contribution >= 0.6 is 14.3 Å². The van der Waals surface area contributed by atoms with Crippen molar-refractivity contribution in [3.05, 3.63) is 182 Å². The fourth-order valence-corrected chi connectivity index (χ4v) is 13.0. The molecular weight excluding hydrogens is 638 g/mol. The zero-order valence-electron chi connectivity index (χ0n) is 26.4. The highest BCUT2D eigenvalue weighted by atomic mass is 31.2. The SMILES string of the molecule is O=P(c1ccccc1)(c1ccccc1)c1cccc2c3ccccc3n3c(nc4cccc(P(=O)(c5ccccc5)c5ccccc5)c43)c12. The Kier molecular flexibility index (Phi) is 6.99. The van der Waals surface area contributed by atoms with Crippen LogP contribution < -0.4 is 31.8 Å². The Morgan fingerprint density at radius 1 is 0.408 bits per heavy atom. The maximum Gasteiger partial charge on any atom is 0.173 e. The van der Waals surface area contributed by atoms with Crippen molar-refractivity contribution >= 4 is 84.5 Å². The maximum absolute atomic E-state index is 15.9. The van der Waals surface area contributed by atoms with Gasteiger partial charge in [-0.15, -0.1) is 0 Å². The summed E-state index contributed by atoms with van der Waals surface area (Å²) in [6, 6.07) is 59.3. The minimum atomic E-state index is -3.40. The summed E-state index contributed by atoms with van der Waals surface area (Å²) >= 11 is 0. The highest BCUT2D eigenvalue weighted by molar-refractivity contribution is 7.86. The van der Waals surface area contributed by atoms with Gasteiger partial charge in [0, 0.05) is 42.6 Å². The molecular formula is C43H30N2O2P2. The smallest absolute Gasteiger partial charge is 0.173 e. The van der Waals surface area contributed by atoms with E-state index in [1.807, 2.05) is 164 Å². The van der Waals surface area contributed by atoms with Crippen LogP contribution in [0, 0.1) is 0 Å². The Morgan fingerprint density at radius 3 is 1.39 bits per heavy atom. The van der Waals surface area contributed by atoms with Crippen LogP contribution in [-0.4, -0.2) is 9.38 Å². The van der Waals surface area contributed by atoms with Crippen LogP contribution in [-0.2, 0) is 9.13 Å². The van der Waals surface area contributed by atoms with Gasteiger partial charge >= 0.3 is 0 Å². The second-order valence-electron chi connectivity index (χ2n) is 12.2. The normalized spacial score (nSPS) is 12.2. The van der Waals surface area contributed by atoms with E-state index in [9.17, 15) is 0 Å². The molecule has 6 heteroatoms. The summed E-state index contributed by atoms with van der Waals surface area (Å²) in [6.45, 7) is 0.